The number of rotatable bonds is 3. The summed E-state index contributed by atoms with van der Waals surface area (Å²) in [6.45, 7) is 1.98. The topological polar surface area (TPSA) is 57.8 Å². The molecule has 20 heavy (non-hydrogen) atoms. The highest BCUT2D eigenvalue weighted by atomic mass is 32.2. The third-order valence-corrected chi connectivity index (χ3v) is 5.03. The van der Waals surface area contributed by atoms with Gasteiger partial charge in [-0.2, -0.15) is 0 Å². The number of benzene rings is 1. The third kappa shape index (κ3) is 2.82. The average Bonchev–Trinajstić information content (AvgIpc) is 2.92. The van der Waals surface area contributed by atoms with Gasteiger partial charge in [0.05, 0.1) is 22.3 Å². The third-order valence-electron chi connectivity index (χ3n) is 3.65. The minimum absolute atomic E-state index is 0.0857. The molecule has 2 heterocycles. The van der Waals surface area contributed by atoms with E-state index in [9.17, 15) is 4.79 Å². The van der Waals surface area contributed by atoms with Gasteiger partial charge in [-0.05, 0) is 37.7 Å². The number of H-pyrrole nitrogens is 1. The number of nitrogens with zero attached hydrogens (tertiary/aromatic N) is 1. The van der Waals surface area contributed by atoms with Crippen LogP contribution in [0.1, 0.15) is 38.1 Å². The first kappa shape index (κ1) is 13.5. The SMILES string of the molecule is CC(NC(=O)C1CCCCS1)c1nc2ccccc2[nH]1. The van der Waals surface area contributed by atoms with Crippen molar-refractivity contribution in [2.24, 2.45) is 0 Å². The molecular formula is C15H19N3OS. The predicted octanol–water partition coefficient (Wildman–Crippen LogP) is 3.03. The summed E-state index contributed by atoms with van der Waals surface area (Å²) in [7, 11) is 0. The highest BCUT2D eigenvalue weighted by Gasteiger charge is 2.23. The number of hydrogen-bond acceptors (Lipinski definition) is 3. The van der Waals surface area contributed by atoms with Crippen LogP contribution in [0.4, 0.5) is 0 Å². The van der Waals surface area contributed by atoms with Crippen LogP contribution in [-0.4, -0.2) is 26.9 Å². The molecule has 4 nitrogen and oxygen atoms in total. The molecule has 2 N–H and O–H groups in total. The van der Waals surface area contributed by atoms with Gasteiger partial charge in [0.15, 0.2) is 0 Å². The highest BCUT2D eigenvalue weighted by molar-refractivity contribution is 8.00. The van der Waals surface area contributed by atoms with Gasteiger partial charge in [0.25, 0.3) is 0 Å². The van der Waals surface area contributed by atoms with Gasteiger partial charge in [-0.15, -0.1) is 11.8 Å². The largest absolute Gasteiger partial charge is 0.345 e. The number of para-hydroxylation sites is 2. The molecule has 1 aromatic carbocycles. The van der Waals surface area contributed by atoms with Crippen molar-refractivity contribution in [1.82, 2.24) is 15.3 Å². The Morgan fingerprint density at radius 1 is 1.45 bits per heavy atom. The van der Waals surface area contributed by atoms with Crippen molar-refractivity contribution < 1.29 is 4.79 Å². The summed E-state index contributed by atoms with van der Waals surface area (Å²) in [5.74, 6) is 2.06. The number of carbonyl (C=O) groups is 1. The van der Waals surface area contributed by atoms with E-state index in [0.717, 1.165) is 35.5 Å². The van der Waals surface area contributed by atoms with Gasteiger partial charge in [0.2, 0.25) is 5.91 Å². The molecule has 1 aromatic heterocycles. The number of aromatic amines is 1. The zero-order valence-corrected chi connectivity index (χ0v) is 12.4. The number of aromatic nitrogens is 2. The molecule has 0 spiro atoms. The molecule has 0 aliphatic carbocycles. The zero-order valence-electron chi connectivity index (χ0n) is 11.6. The van der Waals surface area contributed by atoms with Gasteiger partial charge in [-0.3, -0.25) is 4.79 Å². The first-order chi connectivity index (χ1) is 9.74. The molecule has 3 rings (SSSR count). The normalized spacial score (nSPS) is 20.8. The highest BCUT2D eigenvalue weighted by Crippen LogP contribution is 2.26. The number of imidazole rings is 1. The van der Waals surface area contributed by atoms with E-state index in [2.05, 4.69) is 15.3 Å². The van der Waals surface area contributed by atoms with Crippen LogP contribution < -0.4 is 5.32 Å². The Kier molecular flexibility index (Phi) is 3.96. The Morgan fingerprint density at radius 2 is 2.30 bits per heavy atom. The van der Waals surface area contributed by atoms with Crippen molar-refractivity contribution in [2.45, 2.75) is 37.5 Å². The van der Waals surface area contributed by atoms with E-state index in [0.29, 0.717) is 0 Å². The molecule has 106 valence electrons. The van der Waals surface area contributed by atoms with E-state index < -0.39 is 0 Å². The summed E-state index contributed by atoms with van der Waals surface area (Å²) in [5.41, 5.74) is 1.95. The van der Waals surface area contributed by atoms with Crippen molar-refractivity contribution >= 4 is 28.7 Å². The molecule has 2 aromatic rings. The molecule has 0 saturated carbocycles. The van der Waals surface area contributed by atoms with Crippen molar-refractivity contribution in [3.05, 3.63) is 30.1 Å². The molecule has 1 aliphatic rings. The van der Waals surface area contributed by atoms with Crippen LogP contribution in [0.2, 0.25) is 0 Å². The van der Waals surface area contributed by atoms with Crippen LogP contribution in [0.15, 0.2) is 24.3 Å². The van der Waals surface area contributed by atoms with E-state index in [-0.39, 0.29) is 17.2 Å². The van der Waals surface area contributed by atoms with E-state index in [1.54, 1.807) is 11.8 Å². The summed E-state index contributed by atoms with van der Waals surface area (Å²) >= 11 is 1.77. The summed E-state index contributed by atoms with van der Waals surface area (Å²) in [6.07, 6.45) is 3.38. The lowest BCUT2D eigenvalue weighted by atomic mass is 10.1. The van der Waals surface area contributed by atoms with Crippen LogP contribution in [0.25, 0.3) is 11.0 Å². The molecule has 2 atom stereocenters. The van der Waals surface area contributed by atoms with Gasteiger partial charge in [-0.1, -0.05) is 18.6 Å². The number of nitrogens with one attached hydrogen (secondary N) is 2. The smallest absolute Gasteiger partial charge is 0.233 e. The van der Waals surface area contributed by atoms with Crippen LogP contribution in [0, 0.1) is 0 Å². The van der Waals surface area contributed by atoms with E-state index in [4.69, 9.17) is 0 Å². The maximum atomic E-state index is 12.2. The lowest BCUT2D eigenvalue weighted by molar-refractivity contribution is -0.121. The first-order valence-electron chi connectivity index (χ1n) is 7.10. The second-order valence-corrected chi connectivity index (χ2v) is 6.54. The van der Waals surface area contributed by atoms with Crippen molar-refractivity contribution in [1.29, 1.82) is 0 Å². The first-order valence-corrected chi connectivity index (χ1v) is 8.15. The van der Waals surface area contributed by atoms with Crippen LogP contribution >= 0.6 is 11.8 Å². The molecule has 1 amide bonds. The summed E-state index contributed by atoms with van der Waals surface area (Å²) < 4.78 is 0. The Labute approximate surface area is 122 Å². The fourth-order valence-corrected chi connectivity index (χ4v) is 3.71. The molecule has 0 bridgehead atoms. The Morgan fingerprint density at radius 3 is 3.05 bits per heavy atom. The summed E-state index contributed by atoms with van der Waals surface area (Å²) in [4.78, 5) is 20.0. The van der Waals surface area contributed by atoms with Crippen LogP contribution in [0.3, 0.4) is 0 Å². The van der Waals surface area contributed by atoms with Gasteiger partial charge in [0, 0.05) is 0 Å². The number of thioether (sulfide) groups is 1. The van der Waals surface area contributed by atoms with E-state index >= 15 is 0 Å². The van der Waals surface area contributed by atoms with Crippen molar-refractivity contribution in [3.63, 3.8) is 0 Å². The number of hydrogen-bond donors (Lipinski definition) is 2. The predicted molar refractivity (Wildman–Crippen MR) is 82.7 cm³/mol. The fraction of sp³-hybridized carbons (Fsp3) is 0.467. The number of fused-ring (bicyclic) bond motifs is 1. The minimum Gasteiger partial charge on any atom is -0.345 e. The van der Waals surface area contributed by atoms with E-state index in [1.165, 1.54) is 6.42 Å². The lowest BCUT2D eigenvalue weighted by Gasteiger charge is -2.22. The Hall–Kier alpha value is -1.49. The maximum absolute atomic E-state index is 12.2. The second-order valence-electron chi connectivity index (χ2n) is 5.22. The quantitative estimate of drug-likeness (QED) is 0.913. The van der Waals surface area contributed by atoms with Gasteiger partial charge in [-0.25, -0.2) is 4.98 Å². The molecule has 0 radical (unpaired) electrons. The zero-order chi connectivity index (χ0) is 13.9. The summed E-state index contributed by atoms with van der Waals surface area (Å²) in [5, 5.41) is 3.18. The van der Waals surface area contributed by atoms with Crippen LogP contribution in [0.5, 0.6) is 0 Å². The molecule has 2 unspecified atom stereocenters. The second kappa shape index (κ2) is 5.87. The average molecular weight is 289 g/mol. The molecule has 1 fully saturated rings. The monoisotopic (exact) mass is 289 g/mol. The summed E-state index contributed by atoms with van der Waals surface area (Å²) in [6, 6.07) is 7.83. The fourth-order valence-electron chi connectivity index (χ4n) is 2.50. The van der Waals surface area contributed by atoms with Gasteiger partial charge >= 0.3 is 0 Å². The molecular weight excluding hydrogens is 270 g/mol. The maximum Gasteiger partial charge on any atom is 0.233 e. The number of amides is 1. The van der Waals surface area contributed by atoms with Gasteiger partial charge in [0.1, 0.15) is 5.82 Å². The van der Waals surface area contributed by atoms with Crippen molar-refractivity contribution in [3.8, 4) is 0 Å². The van der Waals surface area contributed by atoms with Crippen LogP contribution in [-0.2, 0) is 4.79 Å². The number of carbonyl (C=O) groups excluding carboxylic acids is 1. The molecule has 5 heteroatoms. The minimum atomic E-state index is -0.0857. The lowest BCUT2D eigenvalue weighted by Crippen LogP contribution is -2.36. The van der Waals surface area contributed by atoms with Crippen molar-refractivity contribution in [2.75, 3.05) is 5.75 Å². The molecule has 1 aliphatic heterocycles. The van der Waals surface area contributed by atoms with E-state index in [1.807, 2.05) is 31.2 Å². The molecule has 1 saturated heterocycles. The standard InChI is InChI=1S/C15H19N3OS/c1-10(16-15(19)13-8-4-5-9-20-13)14-17-11-6-2-3-7-12(11)18-14/h2-3,6-7,10,13H,4-5,8-9H2,1H3,(H,16,19)(H,17,18). The van der Waals surface area contributed by atoms with Gasteiger partial charge < -0.3 is 10.3 Å². The Balaban J connectivity index is 1.68. The Bertz CT molecular complexity index is 571.